The van der Waals surface area contributed by atoms with E-state index < -0.39 is 11.7 Å². The molecule has 1 aromatic rings. The van der Waals surface area contributed by atoms with Crippen LogP contribution in [0.5, 0.6) is 5.75 Å². The van der Waals surface area contributed by atoms with Crippen LogP contribution in [0.1, 0.15) is 62.2 Å². The maximum absolute atomic E-state index is 11.0. The monoisotopic (exact) mass is 326 g/mol. The van der Waals surface area contributed by atoms with E-state index >= 15 is 0 Å². The molecule has 0 unspecified atom stereocenters. The third-order valence-electron chi connectivity index (χ3n) is 7.38. The Labute approximate surface area is 144 Å². The van der Waals surface area contributed by atoms with Crippen LogP contribution < -0.4 is 4.74 Å². The maximum atomic E-state index is 11.0. The van der Waals surface area contributed by atoms with Crippen LogP contribution in [0.15, 0.2) is 18.2 Å². The van der Waals surface area contributed by atoms with Gasteiger partial charge < -0.3 is 14.9 Å². The van der Waals surface area contributed by atoms with Crippen molar-refractivity contribution in [3.63, 3.8) is 0 Å². The molecule has 2 fully saturated rings. The molecule has 24 heavy (non-hydrogen) atoms. The number of aliphatic hydroxyl groups is 2. The van der Waals surface area contributed by atoms with Gasteiger partial charge in [0.25, 0.3) is 0 Å². The summed E-state index contributed by atoms with van der Waals surface area (Å²) in [5.41, 5.74) is 1.06. The second-order valence-electron chi connectivity index (χ2n) is 8.12. The van der Waals surface area contributed by atoms with Crippen molar-refractivity contribution in [3.05, 3.63) is 29.3 Å². The maximum Gasteiger partial charge on any atom is 0.130 e. The SMILES string of the molecule is C#C[C@]1(O)CC[C@H]2[C@@H]3C[C@@H](O)c4cc(OC)ccc4[C@H]3CC[C@@]21C. The largest absolute Gasteiger partial charge is 0.497 e. The zero-order chi connectivity index (χ0) is 17.1. The topological polar surface area (TPSA) is 49.7 Å². The van der Waals surface area contributed by atoms with Gasteiger partial charge in [-0.15, -0.1) is 6.42 Å². The summed E-state index contributed by atoms with van der Waals surface area (Å²) in [6, 6.07) is 6.10. The van der Waals surface area contributed by atoms with E-state index in [2.05, 4.69) is 18.9 Å². The summed E-state index contributed by atoms with van der Waals surface area (Å²) in [6.45, 7) is 2.16. The van der Waals surface area contributed by atoms with Crippen molar-refractivity contribution in [2.45, 2.75) is 56.7 Å². The minimum absolute atomic E-state index is 0.230. The molecule has 0 spiro atoms. The predicted molar refractivity (Wildman–Crippen MR) is 92.6 cm³/mol. The van der Waals surface area contributed by atoms with Crippen LogP contribution in [0.4, 0.5) is 0 Å². The highest BCUT2D eigenvalue weighted by atomic mass is 16.5. The normalized spacial score (nSPS) is 43.3. The van der Waals surface area contributed by atoms with Gasteiger partial charge in [0.1, 0.15) is 11.4 Å². The van der Waals surface area contributed by atoms with Crippen molar-refractivity contribution < 1.29 is 14.9 Å². The lowest BCUT2D eigenvalue weighted by Gasteiger charge is -2.52. The minimum atomic E-state index is -0.992. The Balaban J connectivity index is 1.74. The Hall–Kier alpha value is -1.50. The second-order valence-corrected chi connectivity index (χ2v) is 8.12. The Morgan fingerprint density at radius 3 is 2.75 bits per heavy atom. The molecule has 3 aliphatic carbocycles. The summed E-state index contributed by atoms with van der Waals surface area (Å²) in [6.07, 6.45) is 9.60. The van der Waals surface area contributed by atoms with E-state index in [0.717, 1.165) is 37.0 Å². The van der Waals surface area contributed by atoms with Gasteiger partial charge in [-0.3, -0.25) is 0 Å². The third-order valence-corrected chi connectivity index (χ3v) is 7.38. The highest BCUT2D eigenvalue weighted by Gasteiger charge is 2.61. The molecule has 0 amide bonds. The average Bonchev–Trinajstić information content (AvgIpc) is 2.87. The van der Waals surface area contributed by atoms with E-state index in [0.29, 0.717) is 24.2 Å². The first-order chi connectivity index (χ1) is 11.4. The summed E-state index contributed by atoms with van der Waals surface area (Å²) in [5, 5.41) is 21.7. The molecule has 128 valence electrons. The molecule has 0 aromatic heterocycles. The summed E-state index contributed by atoms with van der Waals surface area (Å²) in [5.74, 6) is 4.72. The van der Waals surface area contributed by atoms with Crippen molar-refractivity contribution in [1.82, 2.24) is 0 Å². The fourth-order valence-corrected chi connectivity index (χ4v) is 5.95. The summed E-state index contributed by atoms with van der Waals surface area (Å²) < 4.78 is 5.33. The fraction of sp³-hybridized carbons (Fsp3) is 0.619. The quantitative estimate of drug-likeness (QED) is 0.778. The number of hydrogen-bond donors (Lipinski definition) is 2. The Bertz CT molecular complexity index is 706. The van der Waals surface area contributed by atoms with Gasteiger partial charge in [-0.1, -0.05) is 18.9 Å². The standard InChI is InChI=1S/C21H26O3/c1-4-21(23)10-8-18-16-12-19(22)17-11-13(24-3)5-6-14(17)15(16)7-9-20(18,21)2/h1,5-6,11,15-16,18-19,22-23H,7-10,12H2,2-3H3/t15-,16-,18+,19-,20+,21+/m1/s1. The van der Waals surface area contributed by atoms with E-state index in [1.54, 1.807) is 7.11 Å². The van der Waals surface area contributed by atoms with Gasteiger partial charge in [0.2, 0.25) is 0 Å². The van der Waals surface area contributed by atoms with Gasteiger partial charge in [0.15, 0.2) is 0 Å². The van der Waals surface area contributed by atoms with E-state index in [-0.39, 0.29) is 5.41 Å². The summed E-state index contributed by atoms with van der Waals surface area (Å²) in [4.78, 5) is 0. The first-order valence-corrected chi connectivity index (χ1v) is 8.99. The summed E-state index contributed by atoms with van der Waals surface area (Å²) in [7, 11) is 1.66. The highest BCUT2D eigenvalue weighted by molar-refractivity contribution is 5.42. The van der Waals surface area contributed by atoms with E-state index in [1.165, 1.54) is 5.56 Å². The van der Waals surface area contributed by atoms with Gasteiger partial charge in [-0.05, 0) is 73.1 Å². The predicted octanol–water partition coefficient (Wildman–Crippen LogP) is 3.41. The molecule has 3 aliphatic rings. The van der Waals surface area contributed by atoms with Gasteiger partial charge in [0, 0.05) is 5.41 Å². The van der Waals surface area contributed by atoms with Crippen molar-refractivity contribution in [3.8, 4) is 18.1 Å². The van der Waals surface area contributed by atoms with Crippen LogP contribution in [0, 0.1) is 29.6 Å². The number of ether oxygens (including phenoxy) is 1. The molecular weight excluding hydrogens is 300 g/mol. The van der Waals surface area contributed by atoms with Crippen LogP contribution in [0.2, 0.25) is 0 Å². The Kier molecular flexibility index (Phi) is 3.50. The third kappa shape index (κ3) is 1.93. The van der Waals surface area contributed by atoms with Crippen molar-refractivity contribution >= 4 is 0 Å². The summed E-state index contributed by atoms with van der Waals surface area (Å²) >= 11 is 0. The number of rotatable bonds is 1. The number of aliphatic hydroxyl groups excluding tert-OH is 1. The molecule has 6 atom stereocenters. The fourth-order valence-electron chi connectivity index (χ4n) is 5.95. The molecule has 4 rings (SSSR count). The average molecular weight is 326 g/mol. The molecule has 0 radical (unpaired) electrons. The van der Waals surface area contributed by atoms with E-state index in [9.17, 15) is 10.2 Å². The number of methoxy groups -OCH3 is 1. The van der Waals surface area contributed by atoms with E-state index in [1.807, 2.05) is 12.1 Å². The molecule has 0 bridgehead atoms. The van der Waals surface area contributed by atoms with Crippen molar-refractivity contribution in [2.75, 3.05) is 7.11 Å². The minimum Gasteiger partial charge on any atom is -0.497 e. The molecule has 3 nitrogen and oxygen atoms in total. The number of terminal acetylenes is 1. The Morgan fingerprint density at radius 2 is 2.04 bits per heavy atom. The van der Waals surface area contributed by atoms with Crippen molar-refractivity contribution in [2.24, 2.45) is 17.3 Å². The van der Waals surface area contributed by atoms with Crippen LogP contribution in [-0.2, 0) is 0 Å². The van der Waals surface area contributed by atoms with Crippen LogP contribution in [0.25, 0.3) is 0 Å². The zero-order valence-corrected chi connectivity index (χ0v) is 14.5. The molecule has 1 aromatic carbocycles. The molecule has 0 heterocycles. The lowest BCUT2D eigenvalue weighted by atomic mass is 9.53. The smallest absolute Gasteiger partial charge is 0.130 e. The van der Waals surface area contributed by atoms with Gasteiger partial charge in [-0.2, -0.15) is 0 Å². The molecule has 0 aliphatic heterocycles. The highest BCUT2D eigenvalue weighted by Crippen LogP contribution is 2.65. The first kappa shape index (κ1) is 16.0. The molecule has 0 saturated heterocycles. The van der Waals surface area contributed by atoms with Crippen LogP contribution in [-0.4, -0.2) is 22.9 Å². The second kappa shape index (κ2) is 5.25. The van der Waals surface area contributed by atoms with Crippen LogP contribution in [0.3, 0.4) is 0 Å². The van der Waals surface area contributed by atoms with Gasteiger partial charge in [-0.25, -0.2) is 0 Å². The number of hydrogen-bond acceptors (Lipinski definition) is 3. The number of benzene rings is 1. The van der Waals surface area contributed by atoms with Crippen LogP contribution >= 0.6 is 0 Å². The molecule has 2 saturated carbocycles. The Morgan fingerprint density at radius 1 is 1.25 bits per heavy atom. The molecular formula is C21H26O3. The zero-order valence-electron chi connectivity index (χ0n) is 14.5. The van der Waals surface area contributed by atoms with E-state index in [4.69, 9.17) is 11.2 Å². The first-order valence-electron chi connectivity index (χ1n) is 8.99. The number of fused-ring (bicyclic) bond motifs is 5. The molecule has 2 N–H and O–H groups in total. The van der Waals surface area contributed by atoms with Gasteiger partial charge in [0.05, 0.1) is 13.2 Å². The van der Waals surface area contributed by atoms with Gasteiger partial charge >= 0.3 is 0 Å². The lowest BCUT2D eigenvalue weighted by Crippen LogP contribution is -2.50. The van der Waals surface area contributed by atoms with Crippen molar-refractivity contribution in [1.29, 1.82) is 0 Å². The lowest BCUT2D eigenvalue weighted by molar-refractivity contribution is -0.0729. The molecule has 3 heteroatoms.